The molecule has 0 amide bonds. The maximum atomic E-state index is 10.9. The third kappa shape index (κ3) is 3.24. The molecule has 0 atom stereocenters. The van der Waals surface area contributed by atoms with Crippen molar-refractivity contribution in [2.45, 2.75) is 0 Å². The van der Waals surface area contributed by atoms with Crippen LogP contribution < -0.4 is 0 Å². The SMILES string of the molecule is O=[N+]([O-])c1cccc(Br)c1N=Nc1ccccc1Br. The van der Waals surface area contributed by atoms with E-state index in [0.29, 0.717) is 10.2 Å². The average Bonchev–Trinajstić information content (AvgIpc) is 2.38. The van der Waals surface area contributed by atoms with E-state index in [1.807, 2.05) is 18.2 Å². The van der Waals surface area contributed by atoms with E-state index < -0.39 is 4.92 Å². The van der Waals surface area contributed by atoms with Crippen LogP contribution in [0.3, 0.4) is 0 Å². The normalized spacial score (nSPS) is 10.8. The number of benzene rings is 2. The molecule has 5 nitrogen and oxygen atoms in total. The van der Waals surface area contributed by atoms with Crippen molar-refractivity contribution >= 4 is 48.9 Å². The van der Waals surface area contributed by atoms with Crippen LogP contribution in [0.5, 0.6) is 0 Å². The van der Waals surface area contributed by atoms with Gasteiger partial charge in [0.1, 0.15) is 0 Å². The summed E-state index contributed by atoms with van der Waals surface area (Å²) in [6.07, 6.45) is 0. The smallest absolute Gasteiger partial charge is 0.258 e. The monoisotopic (exact) mass is 383 g/mol. The summed E-state index contributed by atoms with van der Waals surface area (Å²) in [7, 11) is 0. The van der Waals surface area contributed by atoms with Gasteiger partial charge < -0.3 is 0 Å². The zero-order chi connectivity index (χ0) is 13.8. The number of hydrogen-bond acceptors (Lipinski definition) is 4. The van der Waals surface area contributed by atoms with Crippen molar-refractivity contribution in [1.29, 1.82) is 0 Å². The highest BCUT2D eigenvalue weighted by Crippen LogP contribution is 2.36. The predicted molar refractivity (Wildman–Crippen MR) is 79.1 cm³/mol. The topological polar surface area (TPSA) is 67.9 Å². The summed E-state index contributed by atoms with van der Waals surface area (Å²) < 4.78 is 1.30. The van der Waals surface area contributed by atoms with Crippen LogP contribution in [-0.4, -0.2) is 4.92 Å². The van der Waals surface area contributed by atoms with Gasteiger partial charge in [0.05, 0.1) is 15.1 Å². The third-order valence-corrected chi connectivity index (χ3v) is 3.58. The van der Waals surface area contributed by atoms with Gasteiger partial charge in [0.15, 0.2) is 5.69 Å². The molecule has 0 saturated heterocycles. The Morgan fingerprint density at radius 2 is 1.63 bits per heavy atom. The van der Waals surface area contributed by atoms with Crippen LogP contribution in [0, 0.1) is 10.1 Å². The molecule has 2 rings (SSSR count). The Hall–Kier alpha value is -1.60. The quantitative estimate of drug-likeness (QED) is 0.396. The zero-order valence-electron chi connectivity index (χ0n) is 9.46. The Balaban J connectivity index is 2.44. The van der Waals surface area contributed by atoms with Gasteiger partial charge in [-0.15, -0.1) is 10.2 Å². The lowest BCUT2D eigenvalue weighted by Gasteiger charge is -1.99. The lowest BCUT2D eigenvalue weighted by molar-refractivity contribution is -0.384. The van der Waals surface area contributed by atoms with Crippen LogP contribution >= 0.6 is 31.9 Å². The highest BCUT2D eigenvalue weighted by atomic mass is 79.9. The molecular formula is C12H7Br2N3O2. The number of halogens is 2. The second kappa shape index (κ2) is 6.03. The lowest BCUT2D eigenvalue weighted by atomic mass is 10.3. The molecule has 0 aliphatic carbocycles. The Kier molecular flexibility index (Phi) is 4.39. The molecule has 7 heteroatoms. The van der Waals surface area contributed by atoms with Gasteiger partial charge in [0.25, 0.3) is 5.69 Å². The molecular weight excluding hydrogens is 378 g/mol. The van der Waals surface area contributed by atoms with Crippen molar-refractivity contribution < 1.29 is 4.92 Å². The molecule has 19 heavy (non-hydrogen) atoms. The molecule has 0 spiro atoms. The number of hydrogen-bond donors (Lipinski definition) is 0. The summed E-state index contributed by atoms with van der Waals surface area (Å²) >= 11 is 6.57. The molecule has 0 radical (unpaired) electrons. The van der Waals surface area contributed by atoms with E-state index in [1.54, 1.807) is 18.2 Å². The minimum Gasteiger partial charge on any atom is -0.258 e. The molecule has 0 fully saturated rings. The van der Waals surface area contributed by atoms with Crippen molar-refractivity contribution in [3.05, 3.63) is 61.5 Å². The highest BCUT2D eigenvalue weighted by molar-refractivity contribution is 9.11. The first-order valence-electron chi connectivity index (χ1n) is 5.19. The van der Waals surface area contributed by atoms with E-state index in [4.69, 9.17) is 0 Å². The fraction of sp³-hybridized carbons (Fsp3) is 0. The van der Waals surface area contributed by atoms with Crippen LogP contribution in [0.1, 0.15) is 0 Å². The van der Waals surface area contributed by atoms with E-state index >= 15 is 0 Å². The highest BCUT2D eigenvalue weighted by Gasteiger charge is 2.16. The molecule has 0 aromatic heterocycles. The summed E-state index contributed by atoms with van der Waals surface area (Å²) in [6.45, 7) is 0. The van der Waals surface area contributed by atoms with Crippen LogP contribution in [0.2, 0.25) is 0 Å². The minimum atomic E-state index is -0.487. The average molecular weight is 385 g/mol. The van der Waals surface area contributed by atoms with Crippen LogP contribution in [0.15, 0.2) is 61.6 Å². The number of rotatable bonds is 3. The Bertz CT molecular complexity index is 659. The van der Waals surface area contributed by atoms with Crippen molar-refractivity contribution in [3.8, 4) is 0 Å². The minimum absolute atomic E-state index is 0.0924. The standard InChI is InChI=1S/C12H7Br2N3O2/c13-8-4-1-2-6-10(8)15-16-12-9(14)5-3-7-11(12)17(18)19/h1-7H. The summed E-state index contributed by atoms with van der Waals surface area (Å²) in [5.41, 5.74) is 0.709. The maximum absolute atomic E-state index is 10.9. The molecule has 2 aromatic rings. The molecule has 0 bridgehead atoms. The molecule has 0 N–H and O–H groups in total. The molecule has 0 heterocycles. The number of azo groups is 1. The summed E-state index contributed by atoms with van der Waals surface area (Å²) in [4.78, 5) is 10.4. The van der Waals surface area contributed by atoms with Crippen molar-refractivity contribution in [1.82, 2.24) is 0 Å². The van der Waals surface area contributed by atoms with Crippen LogP contribution in [0.4, 0.5) is 17.1 Å². The van der Waals surface area contributed by atoms with Crippen molar-refractivity contribution in [2.24, 2.45) is 10.2 Å². The maximum Gasteiger partial charge on any atom is 0.297 e. The van der Waals surface area contributed by atoms with E-state index in [1.165, 1.54) is 6.07 Å². The van der Waals surface area contributed by atoms with Gasteiger partial charge in [-0.05, 0) is 50.1 Å². The summed E-state index contributed by atoms with van der Waals surface area (Å²) in [5.74, 6) is 0. The molecule has 0 saturated carbocycles. The number of nitro benzene ring substituents is 1. The second-order valence-electron chi connectivity index (χ2n) is 3.52. The number of nitrogens with zero attached hydrogens (tertiary/aromatic N) is 3. The molecule has 96 valence electrons. The lowest BCUT2D eigenvalue weighted by Crippen LogP contribution is -1.88. The first-order chi connectivity index (χ1) is 9.09. The molecule has 0 unspecified atom stereocenters. The van der Waals surface area contributed by atoms with Crippen LogP contribution in [0.25, 0.3) is 0 Å². The summed E-state index contributed by atoms with van der Waals surface area (Å²) in [6, 6.07) is 11.9. The zero-order valence-corrected chi connectivity index (χ0v) is 12.6. The molecule has 2 aromatic carbocycles. The predicted octanol–water partition coefficient (Wildman–Crippen LogP) is 5.54. The van der Waals surface area contributed by atoms with Gasteiger partial charge in [-0.2, -0.15) is 0 Å². The Morgan fingerprint density at radius 1 is 0.947 bits per heavy atom. The first kappa shape index (κ1) is 13.8. The first-order valence-corrected chi connectivity index (χ1v) is 6.77. The Labute approximate surface area is 125 Å². The Morgan fingerprint density at radius 3 is 2.32 bits per heavy atom. The molecule has 0 aliphatic rings. The van der Waals surface area contributed by atoms with E-state index in [2.05, 4.69) is 42.1 Å². The third-order valence-electron chi connectivity index (χ3n) is 2.27. The summed E-state index contributed by atoms with van der Waals surface area (Å²) in [5, 5.41) is 18.9. The van der Waals surface area contributed by atoms with Gasteiger partial charge in [0, 0.05) is 10.5 Å². The van der Waals surface area contributed by atoms with E-state index in [9.17, 15) is 10.1 Å². The van der Waals surface area contributed by atoms with Gasteiger partial charge in [0.2, 0.25) is 0 Å². The van der Waals surface area contributed by atoms with Gasteiger partial charge in [-0.3, -0.25) is 10.1 Å². The second-order valence-corrected chi connectivity index (χ2v) is 5.22. The van der Waals surface area contributed by atoms with Crippen LogP contribution in [-0.2, 0) is 0 Å². The van der Waals surface area contributed by atoms with Crippen molar-refractivity contribution in [3.63, 3.8) is 0 Å². The molecule has 0 aliphatic heterocycles. The van der Waals surface area contributed by atoms with E-state index in [0.717, 1.165) is 4.47 Å². The van der Waals surface area contributed by atoms with Gasteiger partial charge in [-0.1, -0.05) is 18.2 Å². The fourth-order valence-corrected chi connectivity index (χ4v) is 2.19. The fourth-order valence-electron chi connectivity index (χ4n) is 1.39. The van der Waals surface area contributed by atoms with Crippen molar-refractivity contribution in [2.75, 3.05) is 0 Å². The van der Waals surface area contributed by atoms with Gasteiger partial charge >= 0.3 is 0 Å². The van der Waals surface area contributed by atoms with Gasteiger partial charge in [-0.25, -0.2) is 0 Å². The number of nitro groups is 1. The van der Waals surface area contributed by atoms with E-state index in [-0.39, 0.29) is 11.4 Å². The largest absolute Gasteiger partial charge is 0.297 e.